The lowest BCUT2D eigenvalue weighted by Gasteiger charge is -2.27. The molecule has 0 aliphatic carbocycles. The third-order valence-corrected chi connectivity index (χ3v) is 3.60. The van der Waals surface area contributed by atoms with Crippen LogP contribution in [0.1, 0.15) is 18.4 Å². The van der Waals surface area contributed by atoms with Crippen molar-refractivity contribution in [3.05, 3.63) is 29.8 Å². The van der Waals surface area contributed by atoms with Crippen LogP contribution in [0.4, 0.5) is 0 Å². The van der Waals surface area contributed by atoms with E-state index in [9.17, 15) is 4.79 Å². The number of fused-ring (bicyclic) bond motifs is 1. The maximum Gasteiger partial charge on any atom is 0.237 e. The van der Waals surface area contributed by atoms with Crippen molar-refractivity contribution in [3.8, 4) is 5.75 Å². The van der Waals surface area contributed by atoms with Crippen molar-refractivity contribution >= 4 is 5.91 Å². The van der Waals surface area contributed by atoms with Gasteiger partial charge in [-0.2, -0.15) is 0 Å². The highest BCUT2D eigenvalue weighted by atomic mass is 16.5. The van der Waals surface area contributed by atoms with E-state index in [0.717, 1.165) is 31.6 Å². The molecular formula is C14H18N2O2. The monoisotopic (exact) mass is 246 g/mol. The van der Waals surface area contributed by atoms with Crippen molar-refractivity contribution in [3.63, 3.8) is 0 Å². The first kappa shape index (κ1) is 11.5. The van der Waals surface area contributed by atoms with Gasteiger partial charge in [-0.3, -0.25) is 4.79 Å². The normalized spacial score (nSPS) is 26.2. The van der Waals surface area contributed by atoms with Crippen LogP contribution >= 0.6 is 0 Å². The van der Waals surface area contributed by atoms with E-state index in [1.54, 1.807) is 0 Å². The fourth-order valence-corrected chi connectivity index (χ4v) is 2.63. The number of hydrogen-bond acceptors (Lipinski definition) is 3. The molecule has 3 rings (SSSR count). The van der Waals surface area contributed by atoms with Crippen LogP contribution in [-0.4, -0.2) is 31.1 Å². The number of carbonyl (C=O) groups is 1. The number of carbonyl (C=O) groups excluding carboxylic acids is 1. The Labute approximate surface area is 107 Å². The fraction of sp³-hybridized carbons (Fsp3) is 0.500. The molecule has 2 heterocycles. The second-order valence-electron chi connectivity index (χ2n) is 4.98. The number of hydrogen-bond donors (Lipinski definition) is 2. The zero-order chi connectivity index (χ0) is 12.4. The third-order valence-electron chi connectivity index (χ3n) is 3.60. The highest BCUT2D eigenvalue weighted by molar-refractivity contribution is 5.82. The quantitative estimate of drug-likeness (QED) is 0.813. The van der Waals surface area contributed by atoms with Crippen molar-refractivity contribution in [2.75, 3.05) is 13.2 Å². The van der Waals surface area contributed by atoms with E-state index in [1.807, 2.05) is 18.2 Å². The first-order valence-electron chi connectivity index (χ1n) is 6.57. The van der Waals surface area contributed by atoms with Gasteiger partial charge in [0.05, 0.1) is 12.1 Å². The highest BCUT2D eigenvalue weighted by Crippen LogP contribution is 2.23. The second-order valence-corrected chi connectivity index (χ2v) is 4.98. The van der Waals surface area contributed by atoms with E-state index in [2.05, 4.69) is 16.7 Å². The van der Waals surface area contributed by atoms with Crippen LogP contribution in [0.3, 0.4) is 0 Å². The van der Waals surface area contributed by atoms with Crippen molar-refractivity contribution in [1.82, 2.24) is 10.6 Å². The molecule has 1 aromatic carbocycles. The Balaban J connectivity index is 1.60. The molecule has 2 aliphatic heterocycles. The topological polar surface area (TPSA) is 50.4 Å². The molecule has 4 heteroatoms. The molecule has 0 radical (unpaired) electrons. The average Bonchev–Trinajstić information content (AvgIpc) is 2.92. The first-order chi connectivity index (χ1) is 8.83. The van der Waals surface area contributed by atoms with Crippen LogP contribution in [-0.2, 0) is 11.2 Å². The Morgan fingerprint density at radius 1 is 1.39 bits per heavy atom. The zero-order valence-corrected chi connectivity index (χ0v) is 10.3. The molecule has 96 valence electrons. The molecule has 1 fully saturated rings. The summed E-state index contributed by atoms with van der Waals surface area (Å²) in [4.78, 5) is 12.0. The van der Waals surface area contributed by atoms with Crippen LogP contribution in [0.5, 0.6) is 5.75 Å². The lowest BCUT2D eigenvalue weighted by Crippen LogP contribution is -2.49. The number of nitrogens with one attached hydrogen (secondary N) is 2. The summed E-state index contributed by atoms with van der Waals surface area (Å²) in [5, 5.41) is 6.29. The lowest BCUT2D eigenvalue weighted by atomic mass is 10.0. The minimum atomic E-state index is -0.0119. The van der Waals surface area contributed by atoms with Gasteiger partial charge in [0.1, 0.15) is 12.4 Å². The Hall–Kier alpha value is -1.55. The SMILES string of the molecule is O=C(NC1COc2ccccc2C1)C1CCCN1. The molecule has 2 N–H and O–H groups in total. The number of para-hydroxylation sites is 1. The van der Waals surface area contributed by atoms with Gasteiger partial charge in [0.25, 0.3) is 0 Å². The summed E-state index contributed by atoms with van der Waals surface area (Å²) in [6.45, 7) is 1.51. The molecule has 0 bridgehead atoms. The van der Waals surface area contributed by atoms with Gasteiger partial charge in [-0.15, -0.1) is 0 Å². The number of benzene rings is 1. The highest BCUT2D eigenvalue weighted by Gasteiger charge is 2.26. The molecule has 18 heavy (non-hydrogen) atoms. The molecule has 0 aromatic heterocycles. The van der Waals surface area contributed by atoms with E-state index in [1.165, 1.54) is 5.56 Å². The van der Waals surface area contributed by atoms with Crippen LogP contribution in [0.2, 0.25) is 0 Å². The van der Waals surface area contributed by atoms with Gasteiger partial charge in [0.15, 0.2) is 0 Å². The Kier molecular flexibility index (Phi) is 3.19. The number of ether oxygens (including phenoxy) is 1. The van der Waals surface area contributed by atoms with Gasteiger partial charge in [-0.25, -0.2) is 0 Å². The molecule has 0 saturated carbocycles. The predicted molar refractivity (Wildman–Crippen MR) is 68.6 cm³/mol. The maximum atomic E-state index is 12.0. The largest absolute Gasteiger partial charge is 0.491 e. The first-order valence-corrected chi connectivity index (χ1v) is 6.57. The summed E-state index contributed by atoms with van der Waals surface area (Å²) < 4.78 is 5.66. The summed E-state index contributed by atoms with van der Waals surface area (Å²) in [6.07, 6.45) is 2.88. The van der Waals surface area contributed by atoms with Gasteiger partial charge >= 0.3 is 0 Å². The standard InChI is InChI=1S/C14H18N2O2/c17-14(12-5-3-7-15-12)16-11-8-10-4-1-2-6-13(10)18-9-11/h1-2,4,6,11-12,15H,3,5,7-9H2,(H,16,17). The Bertz CT molecular complexity index is 441. The van der Waals surface area contributed by atoms with Crippen LogP contribution in [0.25, 0.3) is 0 Å². The van der Waals surface area contributed by atoms with E-state index >= 15 is 0 Å². The van der Waals surface area contributed by atoms with Gasteiger partial charge < -0.3 is 15.4 Å². The van der Waals surface area contributed by atoms with E-state index in [4.69, 9.17) is 4.74 Å². The molecular weight excluding hydrogens is 228 g/mol. The zero-order valence-electron chi connectivity index (χ0n) is 10.3. The smallest absolute Gasteiger partial charge is 0.237 e. The molecule has 1 aromatic rings. The Morgan fingerprint density at radius 2 is 2.28 bits per heavy atom. The predicted octanol–water partition coefficient (Wildman–Crippen LogP) is 0.858. The molecule has 2 unspecified atom stereocenters. The minimum Gasteiger partial charge on any atom is -0.491 e. The van der Waals surface area contributed by atoms with Crippen molar-refractivity contribution in [2.24, 2.45) is 0 Å². The van der Waals surface area contributed by atoms with Crippen LogP contribution in [0.15, 0.2) is 24.3 Å². The fourth-order valence-electron chi connectivity index (χ4n) is 2.63. The van der Waals surface area contributed by atoms with E-state index in [0.29, 0.717) is 6.61 Å². The summed E-state index contributed by atoms with van der Waals surface area (Å²) in [7, 11) is 0. The average molecular weight is 246 g/mol. The van der Waals surface area contributed by atoms with Crippen LogP contribution in [0, 0.1) is 0 Å². The van der Waals surface area contributed by atoms with Gasteiger partial charge in [-0.1, -0.05) is 18.2 Å². The third kappa shape index (κ3) is 2.34. The molecule has 1 saturated heterocycles. The van der Waals surface area contributed by atoms with Gasteiger partial charge in [-0.05, 0) is 37.4 Å². The number of rotatable bonds is 2. The summed E-state index contributed by atoms with van der Waals surface area (Å²) in [5.74, 6) is 1.06. The molecule has 4 nitrogen and oxygen atoms in total. The molecule has 1 amide bonds. The summed E-state index contributed by atoms with van der Waals surface area (Å²) >= 11 is 0. The molecule has 0 spiro atoms. The van der Waals surface area contributed by atoms with Crippen molar-refractivity contribution in [1.29, 1.82) is 0 Å². The van der Waals surface area contributed by atoms with Gasteiger partial charge in [0, 0.05) is 0 Å². The Morgan fingerprint density at radius 3 is 3.11 bits per heavy atom. The molecule has 2 atom stereocenters. The van der Waals surface area contributed by atoms with Crippen molar-refractivity contribution < 1.29 is 9.53 Å². The maximum absolute atomic E-state index is 12.0. The van der Waals surface area contributed by atoms with Gasteiger partial charge in [0.2, 0.25) is 5.91 Å². The van der Waals surface area contributed by atoms with Crippen molar-refractivity contribution in [2.45, 2.75) is 31.3 Å². The van der Waals surface area contributed by atoms with Crippen LogP contribution < -0.4 is 15.4 Å². The second kappa shape index (κ2) is 4.98. The van der Waals surface area contributed by atoms with E-state index in [-0.39, 0.29) is 18.0 Å². The number of amides is 1. The lowest BCUT2D eigenvalue weighted by molar-refractivity contribution is -0.123. The van der Waals surface area contributed by atoms with E-state index < -0.39 is 0 Å². The minimum absolute atomic E-state index is 0.0119. The summed E-state index contributed by atoms with van der Waals surface area (Å²) in [6, 6.07) is 8.09. The molecule has 2 aliphatic rings. The summed E-state index contributed by atoms with van der Waals surface area (Å²) in [5.41, 5.74) is 1.17.